The standard InChI is InChI=1S/C29H31Cl2N5O5S/c1-18(27-22(30)14-32-15-23(27)31)40-20-8-9-24-21(12-20)28(34-36(24)26-6-4-5-11-39-26)19-7-10-25(33-13-19)35-16-29(2,17-35)41-42(3,37)38/h7-10,12-15,18,26H,4-6,11,16-17H2,1-3H3/t18-,26?/m1/s1. The van der Waals surface area contributed by atoms with Crippen molar-refractivity contribution in [3.05, 3.63) is 64.5 Å². The molecule has 6 rings (SSSR count). The van der Waals surface area contributed by atoms with Crippen LogP contribution in [0.5, 0.6) is 5.75 Å². The minimum Gasteiger partial charge on any atom is -0.486 e. The quantitative estimate of drug-likeness (QED) is 0.210. The number of fused-ring (bicyclic) bond motifs is 1. The first-order valence-electron chi connectivity index (χ1n) is 13.7. The minimum absolute atomic E-state index is 0.157. The van der Waals surface area contributed by atoms with E-state index in [2.05, 4.69) is 9.97 Å². The van der Waals surface area contributed by atoms with Gasteiger partial charge in [0.05, 0.1) is 34.9 Å². The molecule has 1 aromatic carbocycles. The molecule has 0 aliphatic carbocycles. The van der Waals surface area contributed by atoms with Gasteiger partial charge in [0.15, 0.2) is 6.23 Å². The molecule has 4 aromatic rings. The van der Waals surface area contributed by atoms with Crippen molar-refractivity contribution in [2.75, 3.05) is 30.9 Å². The van der Waals surface area contributed by atoms with E-state index in [-0.39, 0.29) is 6.23 Å². The molecule has 0 amide bonds. The summed E-state index contributed by atoms with van der Waals surface area (Å²) in [6.07, 6.45) is 8.36. The van der Waals surface area contributed by atoms with Gasteiger partial charge in [0, 0.05) is 41.7 Å². The molecule has 0 saturated carbocycles. The minimum atomic E-state index is -3.54. The molecule has 5 heterocycles. The molecule has 0 spiro atoms. The molecule has 1 unspecified atom stereocenters. The third-order valence-electron chi connectivity index (χ3n) is 7.46. The van der Waals surface area contributed by atoms with Crippen LogP contribution >= 0.6 is 23.2 Å². The smallest absolute Gasteiger partial charge is 0.265 e. The summed E-state index contributed by atoms with van der Waals surface area (Å²) in [7, 11) is -3.54. The summed E-state index contributed by atoms with van der Waals surface area (Å²) in [5, 5.41) is 6.78. The highest BCUT2D eigenvalue weighted by atomic mass is 35.5. The fourth-order valence-electron chi connectivity index (χ4n) is 5.67. The van der Waals surface area contributed by atoms with Gasteiger partial charge in [-0.15, -0.1) is 0 Å². The van der Waals surface area contributed by atoms with Crippen molar-refractivity contribution in [3.8, 4) is 17.0 Å². The molecule has 42 heavy (non-hydrogen) atoms. The first kappa shape index (κ1) is 29.1. The van der Waals surface area contributed by atoms with Crippen molar-refractivity contribution in [2.45, 2.75) is 51.0 Å². The Morgan fingerprint density at radius 3 is 2.50 bits per heavy atom. The average Bonchev–Trinajstić information content (AvgIpc) is 3.30. The Kier molecular flexibility index (Phi) is 7.82. The van der Waals surface area contributed by atoms with Crippen molar-refractivity contribution >= 4 is 50.0 Å². The third kappa shape index (κ3) is 5.93. The maximum Gasteiger partial charge on any atom is 0.265 e. The van der Waals surface area contributed by atoms with Crippen molar-refractivity contribution < 1.29 is 22.1 Å². The van der Waals surface area contributed by atoms with E-state index in [1.165, 1.54) is 0 Å². The zero-order valence-corrected chi connectivity index (χ0v) is 25.8. The molecular weight excluding hydrogens is 601 g/mol. The average molecular weight is 633 g/mol. The molecule has 2 aliphatic rings. The van der Waals surface area contributed by atoms with Crippen molar-refractivity contribution in [2.24, 2.45) is 0 Å². The number of rotatable bonds is 8. The first-order chi connectivity index (χ1) is 20.0. The zero-order chi connectivity index (χ0) is 29.6. The van der Waals surface area contributed by atoms with E-state index in [9.17, 15) is 8.42 Å². The van der Waals surface area contributed by atoms with Crippen molar-refractivity contribution in [1.29, 1.82) is 0 Å². The first-order valence-corrected chi connectivity index (χ1v) is 16.3. The molecule has 0 bridgehead atoms. The molecule has 2 atom stereocenters. The van der Waals surface area contributed by atoms with E-state index in [4.69, 9.17) is 42.0 Å². The van der Waals surface area contributed by atoms with E-state index in [0.29, 0.717) is 41.1 Å². The zero-order valence-electron chi connectivity index (χ0n) is 23.5. The molecule has 2 aliphatic heterocycles. The molecular formula is C29H31Cl2N5O5S. The summed E-state index contributed by atoms with van der Waals surface area (Å²) in [6, 6.07) is 9.75. The Morgan fingerprint density at radius 2 is 1.86 bits per heavy atom. The predicted molar refractivity (Wildman–Crippen MR) is 162 cm³/mol. The van der Waals surface area contributed by atoms with Gasteiger partial charge in [-0.1, -0.05) is 23.2 Å². The molecule has 0 N–H and O–H groups in total. The Morgan fingerprint density at radius 1 is 1.10 bits per heavy atom. The van der Waals surface area contributed by atoms with E-state index < -0.39 is 21.8 Å². The van der Waals surface area contributed by atoms with Crippen LogP contribution in [0.2, 0.25) is 10.0 Å². The third-order valence-corrected chi connectivity index (χ3v) is 8.77. The highest BCUT2D eigenvalue weighted by Crippen LogP contribution is 2.38. The Labute approximate surface area is 254 Å². The van der Waals surface area contributed by atoms with Gasteiger partial charge in [-0.2, -0.15) is 13.5 Å². The lowest BCUT2D eigenvalue weighted by Crippen LogP contribution is -2.62. The number of pyridine rings is 2. The second kappa shape index (κ2) is 11.3. The molecule has 10 nitrogen and oxygen atoms in total. The second-order valence-electron chi connectivity index (χ2n) is 11.1. The number of halogens is 2. The lowest BCUT2D eigenvalue weighted by Gasteiger charge is -2.47. The number of hydrogen-bond acceptors (Lipinski definition) is 9. The van der Waals surface area contributed by atoms with Crippen molar-refractivity contribution in [1.82, 2.24) is 19.7 Å². The summed E-state index contributed by atoms with van der Waals surface area (Å²) in [5.74, 6) is 1.37. The molecule has 0 radical (unpaired) electrons. The molecule has 13 heteroatoms. The van der Waals surface area contributed by atoms with Crippen LogP contribution in [0.25, 0.3) is 22.2 Å². The highest BCUT2D eigenvalue weighted by molar-refractivity contribution is 7.86. The summed E-state index contributed by atoms with van der Waals surface area (Å²) in [5.41, 5.74) is 2.42. The number of anilines is 1. The summed E-state index contributed by atoms with van der Waals surface area (Å²) in [4.78, 5) is 10.7. The van der Waals surface area contributed by atoms with Gasteiger partial charge < -0.3 is 14.4 Å². The predicted octanol–water partition coefficient (Wildman–Crippen LogP) is 6.19. The summed E-state index contributed by atoms with van der Waals surface area (Å²) >= 11 is 12.8. The molecule has 2 fully saturated rings. The number of aromatic nitrogens is 4. The highest BCUT2D eigenvalue weighted by Gasteiger charge is 2.43. The van der Waals surface area contributed by atoms with Gasteiger partial charge in [0.25, 0.3) is 10.1 Å². The number of nitrogens with zero attached hydrogens (tertiary/aromatic N) is 5. The lowest BCUT2D eigenvalue weighted by molar-refractivity contribution is -0.0365. The van der Waals surface area contributed by atoms with Crippen molar-refractivity contribution in [3.63, 3.8) is 0 Å². The van der Waals surface area contributed by atoms with Crippen LogP contribution in [0, 0.1) is 0 Å². The van der Waals surface area contributed by atoms with Gasteiger partial charge in [-0.25, -0.2) is 9.67 Å². The Bertz CT molecular complexity index is 1700. The van der Waals surface area contributed by atoms with E-state index >= 15 is 0 Å². The van der Waals surface area contributed by atoms with E-state index in [0.717, 1.165) is 53.5 Å². The van der Waals surface area contributed by atoms with Gasteiger partial charge >= 0.3 is 0 Å². The van der Waals surface area contributed by atoms with Gasteiger partial charge in [0.2, 0.25) is 0 Å². The van der Waals surface area contributed by atoms with Crippen LogP contribution in [0.15, 0.2) is 48.9 Å². The normalized spacial score (nSPS) is 19.5. The molecule has 222 valence electrons. The topological polar surface area (TPSA) is 109 Å². The van der Waals surface area contributed by atoms with Gasteiger partial charge in [0.1, 0.15) is 29.0 Å². The lowest BCUT2D eigenvalue weighted by atomic mass is 9.97. The maximum absolute atomic E-state index is 11.6. The Balaban J connectivity index is 1.31. The summed E-state index contributed by atoms with van der Waals surface area (Å²) in [6.45, 7) is 5.21. The fourth-order valence-corrected chi connectivity index (χ4v) is 7.18. The van der Waals surface area contributed by atoms with Crippen LogP contribution in [-0.4, -0.2) is 59.7 Å². The van der Waals surface area contributed by atoms with Gasteiger partial charge in [-0.3, -0.25) is 9.17 Å². The van der Waals surface area contributed by atoms with Crippen LogP contribution in [0.3, 0.4) is 0 Å². The molecule has 2 saturated heterocycles. The van der Waals surface area contributed by atoms with Crippen LogP contribution in [0.4, 0.5) is 5.82 Å². The SMILES string of the molecule is C[C@@H](Oc1ccc2c(c1)c(-c1ccc(N3CC(C)(OS(C)(=O)=O)C3)nc1)nn2C1CCCCO1)c1c(Cl)cncc1Cl. The van der Waals surface area contributed by atoms with Gasteiger partial charge in [-0.05, 0) is 63.4 Å². The number of benzene rings is 1. The van der Waals surface area contributed by atoms with E-state index in [1.807, 2.05) is 46.8 Å². The maximum atomic E-state index is 11.6. The Hall–Kier alpha value is -2.96. The molecule has 3 aromatic heterocycles. The number of hydrogen-bond donors (Lipinski definition) is 0. The van der Waals surface area contributed by atoms with Crippen LogP contribution in [-0.2, 0) is 19.0 Å². The second-order valence-corrected chi connectivity index (χ2v) is 13.5. The fraction of sp³-hybridized carbons (Fsp3) is 0.414. The largest absolute Gasteiger partial charge is 0.486 e. The van der Waals surface area contributed by atoms with E-state index in [1.54, 1.807) is 25.5 Å². The number of ether oxygens (including phenoxy) is 2. The van der Waals surface area contributed by atoms with Crippen LogP contribution in [0.1, 0.15) is 51.0 Å². The summed E-state index contributed by atoms with van der Waals surface area (Å²) < 4.78 is 42.8. The monoisotopic (exact) mass is 631 g/mol. The van der Waals surface area contributed by atoms with Crippen LogP contribution < -0.4 is 9.64 Å².